The SMILES string of the molecule is ClOCl.NC(=O)c1cccc2cccnc12. The maximum atomic E-state index is 11.0. The quantitative estimate of drug-likeness (QED) is 0.856. The minimum absolute atomic E-state index is 0.440. The number of primary amides is 1. The number of carbonyl (C=O) groups is 1. The number of rotatable bonds is 1. The summed E-state index contributed by atoms with van der Waals surface area (Å²) in [7, 11) is 0. The van der Waals surface area contributed by atoms with Crippen LogP contribution in [0.25, 0.3) is 10.9 Å². The lowest BCUT2D eigenvalue weighted by Gasteiger charge is -2.00. The summed E-state index contributed by atoms with van der Waals surface area (Å²) in [4.78, 5) is 15.1. The Labute approximate surface area is 102 Å². The molecule has 0 saturated carbocycles. The molecule has 0 bridgehead atoms. The van der Waals surface area contributed by atoms with E-state index < -0.39 is 5.91 Å². The zero-order valence-electron chi connectivity index (χ0n) is 8.06. The molecule has 0 aliphatic rings. The van der Waals surface area contributed by atoms with Crippen LogP contribution in [0.15, 0.2) is 36.5 Å². The average Bonchev–Trinajstić information content (AvgIpc) is 2.29. The van der Waals surface area contributed by atoms with Crippen molar-refractivity contribution in [2.24, 2.45) is 5.73 Å². The Morgan fingerprint density at radius 2 is 1.88 bits per heavy atom. The van der Waals surface area contributed by atoms with Gasteiger partial charge in [0.1, 0.15) is 0 Å². The van der Waals surface area contributed by atoms with Crippen molar-refractivity contribution in [1.29, 1.82) is 0 Å². The van der Waals surface area contributed by atoms with Crippen molar-refractivity contribution < 1.29 is 8.64 Å². The first-order chi connectivity index (χ1) is 7.70. The number of para-hydroxylation sites is 1. The number of aromatic nitrogens is 1. The molecule has 16 heavy (non-hydrogen) atoms. The molecule has 0 aliphatic heterocycles. The Morgan fingerprint density at radius 1 is 1.25 bits per heavy atom. The molecule has 0 aliphatic carbocycles. The lowest BCUT2D eigenvalue weighted by atomic mass is 10.1. The lowest BCUT2D eigenvalue weighted by molar-refractivity contribution is 0.100. The summed E-state index contributed by atoms with van der Waals surface area (Å²) in [6, 6.07) is 9.10. The van der Waals surface area contributed by atoms with Gasteiger partial charge < -0.3 is 5.73 Å². The van der Waals surface area contributed by atoms with E-state index in [2.05, 4.69) is 32.6 Å². The van der Waals surface area contributed by atoms with Gasteiger partial charge in [0.25, 0.3) is 5.91 Å². The molecule has 0 spiro atoms. The van der Waals surface area contributed by atoms with E-state index in [1.807, 2.05) is 18.2 Å². The minimum atomic E-state index is -0.440. The molecule has 2 rings (SSSR count). The molecule has 4 nitrogen and oxygen atoms in total. The molecule has 1 aromatic heterocycles. The summed E-state index contributed by atoms with van der Waals surface area (Å²) in [5.74, 6) is -0.440. The van der Waals surface area contributed by atoms with Gasteiger partial charge in [0, 0.05) is 11.6 Å². The van der Waals surface area contributed by atoms with Gasteiger partial charge in [0.2, 0.25) is 0 Å². The zero-order chi connectivity index (χ0) is 12.0. The van der Waals surface area contributed by atoms with E-state index in [0.717, 1.165) is 5.39 Å². The fraction of sp³-hybridized carbons (Fsp3) is 0. The van der Waals surface area contributed by atoms with Crippen LogP contribution in [0.2, 0.25) is 0 Å². The largest absolute Gasteiger partial charge is 0.366 e. The molecule has 1 aromatic carbocycles. The summed E-state index contributed by atoms with van der Waals surface area (Å²) in [6.45, 7) is 0. The first kappa shape index (κ1) is 12.7. The first-order valence-electron chi connectivity index (χ1n) is 4.23. The molecule has 0 unspecified atom stereocenters. The maximum Gasteiger partial charge on any atom is 0.250 e. The van der Waals surface area contributed by atoms with Crippen molar-refractivity contribution in [1.82, 2.24) is 4.98 Å². The highest BCUT2D eigenvalue weighted by Gasteiger charge is 2.05. The fourth-order valence-corrected chi connectivity index (χ4v) is 1.30. The number of nitrogens with two attached hydrogens (primary N) is 1. The molecular formula is C10H8Cl2N2O2. The van der Waals surface area contributed by atoms with Crippen LogP contribution in [0.1, 0.15) is 10.4 Å². The summed E-state index contributed by atoms with van der Waals surface area (Å²) < 4.78 is 3.19. The molecular weight excluding hydrogens is 251 g/mol. The van der Waals surface area contributed by atoms with Crippen molar-refractivity contribution in [3.63, 3.8) is 0 Å². The number of amides is 1. The number of carbonyl (C=O) groups excluding carboxylic acids is 1. The second-order valence-corrected chi connectivity index (χ2v) is 3.27. The third-order valence-electron chi connectivity index (χ3n) is 1.90. The topological polar surface area (TPSA) is 65.2 Å². The van der Waals surface area contributed by atoms with Crippen LogP contribution in [0, 0.1) is 0 Å². The number of fused-ring (bicyclic) bond motifs is 1. The standard InChI is InChI=1S/C10H8N2O.Cl2O/c11-10(13)8-5-1-3-7-4-2-6-12-9(7)8;1-3-2/h1-6H,(H2,11,13);. The molecule has 6 heteroatoms. The van der Waals surface area contributed by atoms with Crippen LogP contribution < -0.4 is 5.73 Å². The molecule has 84 valence electrons. The Hall–Kier alpha value is -1.36. The summed E-state index contributed by atoms with van der Waals surface area (Å²) in [5.41, 5.74) is 6.34. The van der Waals surface area contributed by atoms with Gasteiger partial charge in [-0.05, 0) is 12.1 Å². The van der Waals surface area contributed by atoms with Gasteiger partial charge in [-0.1, -0.05) is 18.2 Å². The number of pyridine rings is 1. The third kappa shape index (κ3) is 3.06. The number of benzene rings is 1. The van der Waals surface area contributed by atoms with E-state index >= 15 is 0 Å². The molecule has 0 saturated heterocycles. The van der Waals surface area contributed by atoms with Crippen molar-refractivity contribution in [2.45, 2.75) is 0 Å². The monoisotopic (exact) mass is 258 g/mol. The summed E-state index contributed by atoms with van der Waals surface area (Å²) >= 11 is 8.53. The smallest absolute Gasteiger partial charge is 0.250 e. The first-order valence-corrected chi connectivity index (χ1v) is 4.85. The van der Waals surface area contributed by atoms with E-state index in [1.54, 1.807) is 18.3 Å². The maximum absolute atomic E-state index is 11.0. The molecule has 0 atom stereocenters. The van der Waals surface area contributed by atoms with E-state index in [4.69, 9.17) is 5.73 Å². The van der Waals surface area contributed by atoms with Crippen molar-refractivity contribution >= 4 is 40.5 Å². The Morgan fingerprint density at radius 3 is 2.50 bits per heavy atom. The van der Waals surface area contributed by atoms with Gasteiger partial charge >= 0.3 is 0 Å². The van der Waals surface area contributed by atoms with Gasteiger partial charge in [-0.2, -0.15) is 3.84 Å². The second kappa shape index (κ2) is 6.27. The predicted octanol–water partition coefficient (Wildman–Crippen LogP) is 2.64. The highest BCUT2D eigenvalue weighted by atomic mass is 35.6. The van der Waals surface area contributed by atoms with Gasteiger partial charge in [0.05, 0.1) is 34.8 Å². The Kier molecular flexibility index (Phi) is 4.98. The Balaban J connectivity index is 0.000000386. The number of hydrogen-bond acceptors (Lipinski definition) is 3. The molecule has 1 heterocycles. The highest BCUT2D eigenvalue weighted by Crippen LogP contribution is 2.14. The molecule has 1 amide bonds. The van der Waals surface area contributed by atoms with Crippen LogP contribution in [0.5, 0.6) is 0 Å². The highest BCUT2D eigenvalue weighted by molar-refractivity contribution is 6.24. The van der Waals surface area contributed by atoms with Gasteiger partial charge in [-0.25, -0.2) is 0 Å². The molecule has 0 radical (unpaired) electrons. The molecule has 2 aromatic rings. The average molecular weight is 259 g/mol. The Bertz CT molecular complexity index is 486. The van der Waals surface area contributed by atoms with E-state index in [0.29, 0.717) is 11.1 Å². The van der Waals surface area contributed by atoms with Gasteiger partial charge in [0.15, 0.2) is 0 Å². The van der Waals surface area contributed by atoms with Crippen molar-refractivity contribution in [2.75, 3.05) is 0 Å². The summed E-state index contributed by atoms with van der Waals surface area (Å²) in [5, 5.41) is 0.929. The lowest BCUT2D eigenvalue weighted by Crippen LogP contribution is -2.11. The van der Waals surface area contributed by atoms with Gasteiger partial charge in [-0.3, -0.25) is 9.78 Å². The predicted molar refractivity (Wildman–Crippen MR) is 63.1 cm³/mol. The third-order valence-corrected chi connectivity index (χ3v) is 1.90. The minimum Gasteiger partial charge on any atom is -0.366 e. The van der Waals surface area contributed by atoms with E-state index in [-0.39, 0.29) is 0 Å². The van der Waals surface area contributed by atoms with Crippen LogP contribution in [-0.2, 0) is 3.84 Å². The number of hydrogen-bond donors (Lipinski definition) is 1. The van der Waals surface area contributed by atoms with Crippen LogP contribution in [0.4, 0.5) is 0 Å². The van der Waals surface area contributed by atoms with Crippen LogP contribution in [-0.4, -0.2) is 10.9 Å². The van der Waals surface area contributed by atoms with Crippen LogP contribution >= 0.6 is 23.7 Å². The van der Waals surface area contributed by atoms with E-state index in [9.17, 15) is 4.79 Å². The fourth-order valence-electron chi connectivity index (χ4n) is 1.30. The summed E-state index contributed by atoms with van der Waals surface area (Å²) in [6.07, 6.45) is 1.65. The van der Waals surface area contributed by atoms with Gasteiger partial charge in [-0.15, -0.1) is 0 Å². The number of nitrogens with zero attached hydrogens (tertiary/aromatic N) is 1. The molecule has 2 N–H and O–H groups in total. The van der Waals surface area contributed by atoms with Crippen molar-refractivity contribution in [3.8, 4) is 0 Å². The van der Waals surface area contributed by atoms with E-state index in [1.165, 1.54) is 0 Å². The molecule has 0 fully saturated rings. The number of halogens is 2. The normalized spacial score (nSPS) is 9.38. The second-order valence-electron chi connectivity index (χ2n) is 2.80. The zero-order valence-corrected chi connectivity index (χ0v) is 9.57. The van der Waals surface area contributed by atoms with Crippen molar-refractivity contribution in [3.05, 3.63) is 42.1 Å². The van der Waals surface area contributed by atoms with Crippen LogP contribution in [0.3, 0.4) is 0 Å².